The number of allylic oxidation sites excluding steroid dienone is 1. The summed E-state index contributed by atoms with van der Waals surface area (Å²) in [5.74, 6) is 1.51. The smallest absolute Gasteiger partial charge is 0.00519 e. The maximum Gasteiger partial charge on any atom is -0.00519 e. The summed E-state index contributed by atoms with van der Waals surface area (Å²) in [4.78, 5) is 0. The molecule has 1 nitrogen and oxygen atoms in total. The van der Waals surface area contributed by atoms with Gasteiger partial charge in [0.15, 0.2) is 0 Å². The first-order valence-electron chi connectivity index (χ1n) is 6.44. The summed E-state index contributed by atoms with van der Waals surface area (Å²) in [5.41, 5.74) is 1.47. The zero-order chi connectivity index (χ0) is 11.7. The van der Waals surface area contributed by atoms with Crippen LogP contribution in [0.5, 0.6) is 0 Å². The summed E-state index contributed by atoms with van der Waals surface area (Å²) in [5, 5.41) is 3.20. The van der Waals surface area contributed by atoms with Crippen molar-refractivity contribution in [2.24, 2.45) is 11.8 Å². The predicted octanol–water partition coefficient (Wildman–Crippen LogP) is 4.00. The van der Waals surface area contributed by atoms with Crippen molar-refractivity contribution in [1.82, 2.24) is 5.32 Å². The number of nitrogens with one attached hydrogen (secondary N) is 1. The Kier molecular flexibility index (Phi) is 8.79. The Morgan fingerprint density at radius 1 is 1.27 bits per heavy atom. The van der Waals surface area contributed by atoms with Crippen LogP contribution in [-0.2, 0) is 0 Å². The zero-order valence-corrected chi connectivity index (χ0v) is 11.1. The Labute approximate surface area is 96.3 Å². The van der Waals surface area contributed by atoms with Crippen LogP contribution in [0.2, 0.25) is 0 Å². The van der Waals surface area contributed by atoms with Crippen molar-refractivity contribution in [3.8, 4) is 0 Å². The maximum atomic E-state index is 4.25. The molecule has 1 N–H and O–H groups in total. The molecule has 1 atom stereocenters. The number of hydrogen-bond donors (Lipinski definition) is 1. The summed E-state index contributed by atoms with van der Waals surface area (Å²) >= 11 is 0. The molecule has 0 aliphatic carbocycles. The Morgan fingerprint density at radius 3 is 2.40 bits per heavy atom. The normalized spacial score (nSPS) is 13.1. The van der Waals surface area contributed by atoms with Crippen LogP contribution in [0.1, 0.15) is 52.9 Å². The van der Waals surface area contributed by atoms with Gasteiger partial charge in [-0.15, -0.1) is 0 Å². The number of hydrogen-bond acceptors (Lipinski definition) is 1. The minimum Gasteiger partial charge on any atom is -0.320 e. The minimum absolute atomic E-state index is 0.754. The first kappa shape index (κ1) is 14.7. The van der Waals surface area contributed by atoms with Crippen LogP contribution in [0.25, 0.3) is 0 Å². The molecule has 1 heteroatoms. The van der Waals surface area contributed by atoms with Crippen LogP contribution >= 0.6 is 0 Å². The predicted molar refractivity (Wildman–Crippen MR) is 70.2 cm³/mol. The van der Waals surface area contributed by atoms with Gasteiger partial charge in [-0.2, -0.15) is 0 Å². The molecule has 15 heavy (non-hydrogen) atoms. The van der Waals surface area contributed by atoms with E-state index < -0.39 is 0 Å². The molecule has 0 bridgehead atoms. The molecule has 0 aromatic heterocycles. The van der Waals surface area contributed by atoms with Gasteiger partial charge < -0.3 is 5.32 Å². The van der Waals surface area contributed by atoms with Gasteiger partial charge in [0.2, 0.25) is 0 Å². The van der Waals surface area contributed by atoms with E-state index >= 15 is 0 Å². The van der Waals surface area contributed by atoms with Crippen molar-refractivity contribution >= 4 is 0 Å². The lowest BCUT2D eigenvalue weighted by Gasteiger charge is -2.19. The van der Waals surface area contributed by atoms with Crippen LogP contribution in [0.15, 0.2) is 12.2 Å². The van der Waals surface area contributed by atoms with Crippen LogP contribution < -0.4 is 5.32 Å². The van der Waals surface area contributed by atoms with Crippen molar-refractivity contribution in [2.45, 2.75) is 52.9 Å². The molecule has 90 valence electrons. The third-order valence-corrected chi connectivity index (χ3v) is 2.97. The van der Waals surface area contributed by atoms with Gasteiger partial charge in [0.05, 0.1) is 0 Å². The van der Waals surface area contributed by atoms with Gasteiger partial charge in [-0.1, -0.05) is 39.3 Å². The molecule has 0 spiro atoms. The maximum absolute atomic E-state index is 4.25. The van der Waals surface area contributed by atoms with Gasteiger partial charge in [0.1, 0.15) is 0 Å². The largest absolute Gasteiger partial charge is 0.320 e. The Morgan fingerprint density at radius 2 is 1.93 bits per heavy atom. The molecule has 0 amide bonds. The Balaban J connectivity index is 3.75. The third-order valence-electron chi connectivity index (χ3n) is 2.97. The fraction of sp³-hybridized carbons (Fsp3) is 0.857. The highest BCUT2D eigenvalue weighted by atomic mass is 14.8. The van der Waals surface area contributed by atoms with Crippen LogP contribution in [0.4, 0.5) is 0 Å². The summed E-state index contributed by atoms with van der Waals surface area (Å²) in [6, 6.07) is 0. The van der Waals surface area contributed by atoms with E-state index in [0.29, 0.717) is 0 Å². The summed E-state index contributed by atoms with van der Waals surface area (Å²) < 4.78 is 0. The molecule has 0 saturated heterocycles. The van der Waals surface area contributed by atoms with Gasteiger partial charge in [-0.05, 0) is 51.1 Å². The highest BCUT2D eigenvalue weighted by molar-refractivity contribution is 5.00. The molecule has 0 heterocycles. The Hall–Kier alpha value is -0.300. The monoisotopic (exact) mass is 211 g/mol. The number of rotatable bonds is 9. The second-order valence-electron chi connectivity index (χ2n) is 4.96. The average molecular weight is 211 g/mol. The molecular formula is C14H29N. The second-order valence-corrected chi connectivity index (χ2v) is 4.96. The molecule has 1 unspecified atom stereocenters. The highest BCUT2D eigenvalue weighted by Crippen LogP contribution is 2.25. The lowest BCUT2D eigenvalue weighted by molar-refractivity contribution is 0.469. The van der Waals surface area contributed by atoms with E-state index in [1.807, 2.05) is 7.05 Å². The van der Waals surface area contributed by atoms with Crippen LogP contribution in [-0.4, -0.2) is 13.6 Å². The van der Waals surface area contributed by atoms with E-state index in [4.69, 9.17) is 0 Å². The Bertz CT molecular complexity index is 161. The fourth-order valence-corrected chi connectivity index (χ4v) is 2.08. The van der Waals surface area contributed by atoms with E-state index in [1.54, 1.807) is 0 Å². The first-order chi connectivity index (χ1) is 7.11. The van der Waals surface area contributed by atoms with Gasteiger partial charge in [-0.3, -0.25) is 0 Å². The van der Waals surface area contributed by atoms with Crippen molar-refractivity contribution in [3.05, 3.63) is 12.2 Å². The quantitative estimate of drug-likeness (QED) is 0.449. The summed E-state index contributed by atoms with van der Waals surface area (Å²) in [6.45, 7) is 12.2. The van der Waals surface area contributed by atoms with Gasteiger partial charge in [-0.25, -0.2) is 0 Å². The van der Waals surface area contributed by atoms with E-state index in [0.717, 1.165) is 18.4 Å². The fourth-order valence-electron chi connectivity index (χ4n) is 2.08. The lowest BCUT2D eigenvalue weighted by Crippen LogP contribution is -2.09. The molecule has 0 fully saturated rings. The van der Waals surface area contributed by atoms with Crippen LogP contribution in [0, 0.1) is 11.8 Å². The molecule has 0 aromatic carbocycles. The SMILES string of the molecule is C=C(CC(C)C)C(CC)CCCCNC. The van der Waals surface area contributed by atoms with E-state index in [-0.39, 0.29) is 0 Å². The molecule has 0 radical (unpaired) electrons. The average Bonchev–Trinajstić information content (AvgIpc) is 2.16. The van der Waals surface area contributed by atoms with E-state index in [1.165, 1.54) is 37.7 Å². The number of unbranched alkanes of at least 4 members (excludes halogenated alkanes) is 1. The summed E-state index contributed by atoms with van der Waals surface area (Å²) in [7, 11) is 2.02. The standard InChI is InChI=1S/C14H29N/c1-6-14(9-7-8-10-15-5)13(4)11-12(2)3/h12,14-15H,4,6-11H2,1-3,5H3. The van der Waals surface area contributed by atoms with Crippen molar-refractivity contribution in [1.29, 1.82) is 0 Å². The van der Waals surface area contributed by atoms with Gasteiger partial charge >= 0.3 is 0 Å². The molecule has 0 aliphatic heterocycles. The molecule has 0 aromatic rings. The molecule has 0 aliphatic rings. The molecule has 0 rings (SSSR count). The minimum atomic E-state index is 0.754. The highest BCUT2D eigenvalue weighted by Gasteiger charge is 2.11. The first-order valence-corrected chi connectivity index (χ1v) is 6.44. The lowest BCUT2D eigenvalue weighted by atomic mass is 9.87. The second kappa shape index (κ2) is 8.96. The molecular weight excluding hydrogens is 182 g/mol. The van der Waals surface area contributed by atoms with Crippen molar-refractivity contribution in [3.63, 3.8) is 0 Å². The van der Waals surface area contributed by atoms with Gasteiger partial charge in [0, 0.05) is 0 Å². The van der Waals surface area contributed by atoms with Crippen LogP contribution in [0.3, 0.4) is 0 Å². The molecule has 0 saturated carbocycles. The summed E-state index contributed by atoms with van der Waals surface area (Å²) in [6.07, 6.45) is 6.40. The van der Waals surface area contributed by atoms with E-state index in [2.05, 4.69) is 32.7 Å². The topological polar surface area (TPSA) is 12.0 Å². The van der Waals surface area contributed by atoms with Gasteiger partial charge in [0.25, 0.3) is 0 Å². The third kappa shape index (κ3) is 7.61. The van der Waals surface area contributed by atoms with E-state index in [9.17, 15) is 0 Å². The zero-order valence-electron chi connectivity index (χ0n) is 11.1. The van der Waals surface area contributed by atoms with Crippen molar-refractivity contribution in [2.75, 3.05) is 13.6 Å². The van der Waals surface area contributed by atoms with Crippen molar-refractivity contribution < 1.29 is 0 Å².